The zero-order valence-corrected chi connectivity index (χ0v) is 4.54. The quantitative estimate of drug-likeness (QED) is 0.321. The topological polar surface area (TPSA) is 72.7 Å². The van der Waals surface area contributed by atoms with Gasteiger partial charge in [-0.1, -0.05) is 0 Å². The molecule has 0 saturated carbocycles. The molecule has 0 aromatic heterocycles. The van der Waals surface area contributed by atoms with Crippen molar-refractivity contribution in [3.05, 3.63) is 0 Å². The van der Waals surface area contributed by atoms with Crippen LogP contribution in [0.3, 0.4) is 0 Å². The summed E-state index contributed by atoms with van der Waals surface area (Å²) in [6, 6.07) is 0. The van der Waals surface area contributed by atoms with Gasteiger partial charge in [-0.2, -0.15) is 0 Å². The highest BCUT2D eigenvalue weighted by molar-refractivity contribution is 4.52. The molecule has 0 amide bonds. The predicted molar refractivity (Wildman–Crippen MR) is 28.2 cm³/mol. The number of rotatable bonds is 4. The molecule has 0 aromatic carbocycles. The molecule has 0 rings (SSSR count). The van der Waals surface area contributed by atoms with Crippen LogP contribution >= 0.6 is 0 Å². The minimum absolute atomic E-state index is 0.170. The molecule has 1 atom stereocenters. The van der Waals surface area contributed by atoms with Crippen LogP contribution in [0.1, 0.15) is 0 Å². The molecule has 8 heavy (non-hydrogen) atoms. The molecular weight excluding hydrogens is 110 g/mol. The van der Waals surface area contributed by atoms with Crippen LogP contribution in [0.2, 0.25) is 0 Å². The smallest absolute Gasteiger partial charge is 0.0932 e. The second kappa shape index (κ2) is 4.99. The van der Waals surface area contributed by atoms with Crippen molar-refractivity contribution < 1.29 is 15.3 Å². The summed E-state index contributed by atoms with van der Waals surface area (Å²) in [5.74, 6) is 0. The minimum atomic E-state index is -0.762. The van der Waals surface area contributed by atoms with Gasteiger partial charge < -0.3 is 15.3 Å². The first kappa shape index (κ1) is 7.84. The van der Waals surface area contributed by atoms with Gasteiger partial charge in [0.25, 0.3) is 0 Å². The van der Waals surface area contributed by atoms with Crippen LogP contribution in [0.15, 0.2) is 0 Å². The molecule has 0 aliphatic rings. The number of nitrogens with one attached hydrogen (secondary N) is 1. The maximum atomic E-state index is 8.57. The normalized spacial score (nSPS) is 13.9. The Morgan fingerprint density at radius 1 is 1.38 bits per heavy atom. The van der Waals surface area contributed by atoms with Crippen LogP contribution in [0.4, 0.5) is 0 Å². The van der Waals surface area contributed by atoms with Gasteiger partial charge in [-0.05, 0) is 0 Å². The zero-order valence-electron chi connectivity index (χ0n) is 4.54. The third-order valence-electron chi connectivity index (χ3n) is 0.703. The molecule has 0 aliphatic heterocycles. The van der Waals surface area contributed by atoms with Gasteiger partial charge in [0.15, 0.2) is 0 Å². The van der Waals surface area contributed by atoms with Gasteiger partial charge in [0.2, 0.25) is 0 Å². The Labute approximate surface area is 47.8 Å². The molecule has 1 unspecified atom stereocenters. The summed E-state index contributed by atoms with van der Waals surface area (Å²) in [6.07, 6.45) is -0.762. The van der Waals surface area contributed by atoms with Crippen LogP contribution in [0.25, 0.3) is 0 Å². The van der Waals surface area contributed by atoms with Gasteiger partial charge in [0.1, 0.15) is 0 Å². The summed E-state index contributed by atoms with van der Waals surface area (Å²) in [6.45, 7) is -0.211. The van der Waals surface area contributed by atoms with Crippen molar-refractivity contribution in [1.29, 1.82) is 0 Å². The Morgan fingerprint density at radius 2 is 2.00 bits per heavy atom. The van der Waals surface area contributed by atoms with Crippen LogP contribution in [0.5, 0.6) is 0 Å². The highest BCUT2D eigenvalue weighted by Gasteiger charge is 1.97. The molecule has 0 radical (unpaired) electrons. The average Bonchev–Trinajstić information content (AvgIpc) is 1.83. The van der Waals surface area contributed by atoms with E-state index in [1.807, 2.05) is 0 Å². The molecule has 50 valence electrons. The fraction of sp³-hybridized carbons (Fsp3) is 1.00. The molecule has 0 aliphatic carbocycles. The van der Waals surface area contributed by atoms with E-state index in [-0.39, 0.29) is 19.9 Å². The molecule has 0 bridgehead atoms. The molecule has 4 N–H and O–H groups in total. The van der Waals surface area contributed by atoms with E-state index in [9.17, 15) is 0 Å². The maximum absolute atomic E-state index is 8.57. The number of hydrogen-bond donors (Lipinski definition) is 4. The average molecular weight is 121 g/mol. The first-order valence-electron chi connectivity index (χ1n) is 2.41. The Hall–Kier alpha value is -0.160. The lowest BCUT2D eigenvalue weighted by atomic mass is 10.4. The second-order valence-corrected chi connectivity index (χ2v) is 1.45. The van der Waals surface area contributed by atoms with E-state index in [4.69, 9.17) is 15.3 Å². The summed E-state index contributed by atoms with van der Waals surface area (Å²) in [5, 5.41) is 27.3. The zero-order chi connectivity index (χ0) is 6.41. The fourth-order valence-electron chi connectivity index (χ4n) is 0.296. The number of aliphatic hydroxyl groups excluding tert-OH is 3. The fourth-order valence-corrected chi connectivity index (χ4v) is 0.296. The van der Waals surface area contributed by atoms with Crippen molar-refractivity contribution in [1.82, 2.24) is 5.32 Å². The van der Waals surface area contributed by atoms with Gasteiger partial charge in [0.05, 0.1) is 19.4 Å². The SMILES string of the molecule is OCNCC(O)CO. The van der Waals surface area contributed by atoms with Gasteiger partial charge >= 0.3 is 0 Å². The van der Waals surface area contributed by atoms with Crippen molar-refractivity contribution in [3.63, 3.8) is 0 Å². The third kappa shape index (κ3) is 4.01. The molecule has 0 heterocycles. The summed E-state index contributed by atoms with van der Waals surface area (Å²) < 4.78 is 0. The van der Waals surface area contributed by atoms with Crippen LogP contribution in [0, 0.1) is 0 Å². The standard InChI is InChI=1S/C4H11NO3/c6-2-4(8)1-5-3-7/h4-8H,1-3H2. The van der Waals surface area contributed by atoms with E-state index in [1.54, 1.807) is 0 Å². The Bertz CT molecular complexity index is 50.5. The largest absolute Gasteiger partial charge is 0.394 e. The maximum Gasteiger partial charge on any atom is 0.0932 e. The highest BCUT2D eigenvalue weighted by Crippen LogP contribution is 1.73. The Morgan fingerprint density at radius 3 is 2.38 bits per heavy atom. The molecule has 4 nitrogen and oxygen atoms in total. The molecule has 0 fully saturated rings. The molecular formula is C4H11NO3. The predicted octanol–water partition coefficient (Wildman–Crippen LogP) is -2.12. The summed E-state index contributed by atoms with van der Waals surface area (Å²) >= 11 is 0. The van der Waals surface area contributed by atoms with Gasteiger partial charge in [0, 0.05) is 6.54 Å². The lowest BCUT2D eigenvalue weighted by Crippen LogP contribution is -2.29. The van der Waals surface area contributed by atoms with E-state index < -0.39 is 6.10 Å². The van der Waals surface area contributed by atoms with Crippen molar-refractivity contribution in [3.8, 4) is 0 Å². The molecule has 4 heteroatoms. The summed E-state index contributed by atoms with van der Waals surface area (Å²) in [7, 11) is 0. The van der Waals surface area contributed by atoms with E-state index in [2.05, 4.69) is 5.32 Å². The molecule has 0 spiro atoms. The molecule has 0 aromatic rings. The van der Waals surface area contributed by atoms with Crippen LogP contribution in [-0.2, 0) is 0 Å². The lowest BCUT2D eigenvalue weighted by molar-refractivity contribution is 0.0873. The number of hydrogen-bond acceptors (Lipinski definition) is 4. The lowest BCUT2D eigenvalue weighted by Gasteiger charge is -2.04. The van der Waals surface area contributed by atoms with E-state index in [1.165, 1.54) is 0 Å². The van der Waals surface area contributed by atoms with Crippen LogP contribution < -0.4 is 5.32 Å². The Kier molecular flexibility index (Phi) is 4.89. The van der Waals surface area contributed by atoms with E-state index >= 15 is 0 Å². The van der Waals surface area contributed by atoms with Crippen molar-refractivity contribution in [2.75, 3.05) is 19.9 Å². The van der Waals surface area contributed by atoms with Crippen molar-refractivity contribution in [2.24, 2.45) is 0 Å². The monoisotopic (exact) mass is 121 g/mol. The van der Waals surface area contributed by atoms with Gasteiger partial charge in [-0.25, -0.2) is 0 Å². The van der Waals surface area contributed by atoms with Gasteiger partial charge in [-0.15, -0.1) is 0 Å². The first-order chi connectivity index (χ1) is 3.81. The molecule has 0 saturated heterocycles. The van der Waals surface area contributed by atoms with Crippen LogP contribution in [-0.4, -0.2) is 41.3 Å². The highest BCUT2D eigenvalue weighted by atomic mass is 16.3. The van der Waals surface area contributed by atoms with E-state index in [0.717, 1.165) is 0 Å². The summed E-state index contributed by atoms with van der Waals surface area (Å²) in [5.41, 5.74) is 0. The first-order valence-corrected chi connectivity index (χ1v) is 2.41. The number of aliphatic hydroxyl groups is 3. The summed E-state index contributed by atoms with van der Waals surface area (Å²) in [4.78, 5) is 0. The Balaban J connectivity index is 2.86. The third-order valence-corrected chi connectivity index (χ3v) is 0.703. The van der Waals surface area contributed by atoms with Gasteiger partial charge in [-0.3, -0.25) is 5.32 Å². The minimum Gasteiger partial charge on any atom is -0.394 e. The van der Waals surface area contributed by atoms with Crippen molar-refractivity contribution >= 4 is 0 Å². The second-order valence-electron chi connectivity index (χ2n) is 1.45. The van der Waals surface area contributed by atoms with Crippen molar-refractivity contribution in [2.45, 2.75) is 6.10 Å². The van der Waals surface area contributed by atoms with E-state index in [0.29, 0.717) is 0 Å².